The first-order valence-corrected chi connectivity index (χ1v) is 9.64. The van der Waals surface area contributed by atoms with Crippen molar-refractivity contribution in [2.24, 2.45) is 11.5 Å². The van der Waals surface area contributed by atoms with Gasteiger partial charge in [-0.2, -0.15) is 4.90 Å². The number of benzene rings is 1. The zero-order valence-electron chi connectivity index (χ0n) is 16.6. The predicted octanol–water partition coefficient (Wildman–Crippen LogP) is -5.08. The lowest BCUT2D eigenvalue weighted by Gasteiger charge is -2.57. The third-order valence-corrected chi connectivity index (χ3v) is 6.26. The monoisotopic (exact) mass is 485 g/mol. The lowest BCUT2D eigenvalue weighted by Crippen LogP contribution is -2.79. The van der Waals surface area contributed by atoms with Gasteiger partial charge in [0.1, 0.15) is 0 Å². The van der Waals surface area contributed by atoms with Gasteiger partial charge in [0, 0.05) is 16.5 Å². The molecule has 15 heteroatoms. The van der Waals surface area contributed by atoms with E-state index in [9.17, 15) is 56.2 Å². The minimum absolute atomic E-state index is 0.0998. The molecule has 0 amide bonds. The van der Waals surface area contributed by atoms with Crippen molar-refractivity contribution in [3.05, 3.63) is 34.9 Å². The summed E-state index contributed by atoms with van der Waals surface area (Å²) in [5.74, 6) is -8.46. The van der Waals surface area contributed by atoms with Crippen LogP contribution in [0, 0.1) is 0 Å². The van der Waals surface area contributed by atoms with Gasteiger partial charge < -0.3 is 61.9 Å². The third kappa shape index (κ3) is 4.90. The van der Waals surface area contributed by atoms with Gasteiger partial charge in [-0.15, -0.1) is 0 Å². The van der Waals surface area contributed by atoms with Gasteiger partial charge in [0.15, 0.2) is 5.54 Å². The Morgan fingerprint density at radius 1 is 0.844 bits per heavy atom. The minimum atomic E-state index is -4.23. The fourth-order valence-electron chi connectivity index (χ4n) is 4.15. The normalized spacial score (nSPS) is 19.1. The van der Waals surface area contributed by atoms with Crippen LogP contribution in [0.2, 0.25) is 5.02 Å². The standard InChI is InChI=1S/C17H28ClN3O11/c18-10-4-2-9(3-5-10)12(6-1-7-12)11(21(16(20,28)29)17(30,31)32)8-13(19,14(22,23)24)15(25,26)27/h2-5,11,22-32H,1,6-8,19-20H2. The van der Waals surface area contributed by atoms with Crippen molar-refractivity contribution >= 4 is 11.6 Å². The molecule has 1 aromatic rings. The molecule has 1 atom stereocenters. The summed E-state index contributed by atoms with van der Waals surface area (Å²) in [7, 11) is 0. The number of rotatable bonds is 9. The molecule has 0 radical (unpaired) electrons. The molecule has 0 bridgehead atoms. The molecule has 1 aromatic carbocycles. The van der Waals surface area contributed by atoms with Gasteiger partial charge in [-0.05, 0) is 37.0 Å². The van der Waals surface area contributed by atoms with Gasteiger partial charge in [-0.3, -0.25) is 5.73 Å². The number of hydrogen-bond acceptors (Lipinski definition) is 14. The van der Waals surface area contributed by atoms with E-state index in [-0.39, 0.29) is 17.7 Å². The number of halogens is 1. The second-order valence-electron chi connectivity index (χ2n) is 8.14. The Morgan fingerprint density at radius 3 is 1.56 bits per heavy atom. The average Bonchev–Trinajstić information content (AvgIpc) is 2.50. The second-order valence-corrected chi connectivity index (χ2v) is 8.57. The summed E-state index contributed by atoms with van der Waals surface area (Å²) < 4.78 is 0. The quantitative estimate of drug-likeness (QED) is 0.146. The van der Waals surface area contributed by atoms with Crippen molar-refractivity contribution < 1.29 is 56.2 Å². The molecule has 0 aromatic heterocycles. The van der Waals surface area contributed by atoms with Gasteiger partial charge in [-0.25, -0.2) is 0 Å². The first-order chi connectivity index (χ1) is 14.2. The Kier molecular flexibility index (Phi) is 7.07. The topological polar surface area (TPSA) is 278 Å². The van der Waals surface area contributed by atoms with E-state index in [4.69, 9.17) is 23.1 Å². The Hall–Kier alpha value is -1.05. The Balaban J connectivity index is 2.79. The predicted molar refractivity (Wildman–Crippen MR) is 104 cm³/mol. The Morgan fingerprint density at radius 2 is 1.28 bits per heavy atom. The first-order valence-electron chi connectivity index (χ1n) is 9.26. The Labute approximate surface area is 186 Å². The molecule has 1 fully saturated rings. The molecule has 184 valence electrons. The van der Waals surface area contributed by atoms with Crippen LogP contribution < -0.4 is 11.5 Å². The molecule has 1 aliphatic carbocycles. The number of hydrogen-bond donors (Lipinski definition) is 13. The summed E-state index contributed by atoms with van der Waals surface area (Å²) in [5, 5.41) is 108. The van der Waals surface area contributed by atoms with Crippen LogP contribution in [0.5, 0.6) is 0 Å². The molecule has 0 aliphatic heterocycles. The molecule has 0 heterocycles. The minimum Gasteiger partial charge on any atom is -0.342 e. The van der Waals surface area contributed by atoms with E-state index in [0.717, 1.165) is 0 Å². The van der Waals surface area contributed by atoms with Crippen LogP contribution in [-0.4, -0.2) is 96.7 Å². The highest BCUT2D eigenvalue weighted by Crippen LogP contribution is 2.52. The molecule has 1 aliphatic rings. The summed E-state index contributed by atoms with van der Waals surface area (Å²) >= 11 is 5.89. The summed E-state index contributed by atoms with van der Waals surface area (Å²) in [6, 6.07) is -0.00715. The molecular weight excluding hydrogens is 458 g/mol. The van der Waals surface area contributed by atoms with Crippen LogP contribution >= 0.6 is 11.6 Å². The molecule has 14 nitrogen and oxygen atoms in total. The van der Waals surface area contributed by atoms with E-state index in [1.165, 1.54) is 24.3 Å². The molecule has 2 rings (SSSR count). The second kappa shape index (κ2) is 8.31. The van der Waals surface area contributed by atoms with Gasteiger partial charge in [-0.1, -0.05) is 30.2 Å². The van der Waals surface area contributed by atoms with E-state index in [1.807, 2.05) is 0 Å². The van der Waals surface area contributed by atoms with Gasteiger partial charge in [0.25, 0.3) is 6.03 Å². The summed E-state index contributed by atoms with van der Waals surface area (Å²) in [4.78, 5) is -0.327. The van der Waals surface area contributed by atoms with Gasteiger partial charge in [0.2, 0.25) is 0 Å². The van der Waals surface area contributed by atoms with Crippen LogP contribution in [0.3, 0.4) is 0 Å². The van der Waals surface area contributed by atoms with E-state index < -0.39 is 47.5 Å². The zero-order chi connectivity index (χ0) is 25.0. The van der Waals surface area contributed by atoms with Crippen molar-refractivity contribution in [1.82, 2.24) is 4.90 Å². The maximum absolute atomic E-state index is 10.0. The smallest absolute Gasteiger partial charge is 0.342 e. The average molecular weight is 486 g/mol. The fraction of sp³-hybridized carbons (Fsp3) is 0.647. The highest BCUT2D eigenvalue weighted by Gasteiger charge is 2.66. The maximum atomic E-state index is 10.0. The molecule has 32 heavy (non-hydrogen) atoms. The molecule has 0 saturated heterocycles. The largest absolute Gasteiger partial charge is 0.351 e. The van der Waals surface area contributed by atoms with Crippen molar-refractivity contribution in [3.8, 4) is 0 Å². The zero-order valence-corrected chi connectivity index (χ0v) is 17.4. The van der Waals surface area contributed by atoms with E-state index >= 15 is 0 Å². The number of nitrogens with zero attached hydrogens (tertiary/aromatic N) is 1. The first kappa shape index (κ1) is 27.2. The molecular formula is C17H28ClN3O11. The van der Waals surface area contributed by atoms with E-state index in [0.29, 0.717) is 17.0 Å². The fourth-order valence-corrected chi connectivity index (χ4v) is 4.28. The van der Waals surface area contributed by atoms with E-state index in [1.54, 1.807) is 0 Å². The summed E-state index contributed by atoms with van der Waals surface area (Å²) in [6.45, 7) is 0. The van der Waals surface area contributed by atoms with Gasteiger partial charge >= 0.3 is 18.0 Å². The number of nitrogens with two attached hydrogens (primary N) is 2. The van der Waals surface area contributed by atoms with E-state index in [2.05, 4.69) is 0 Å². The van der Waals surface area contributed by atoms with Crippen molar-refractivity contribution in [2.75, 3.05) is 0 Å². The molecule has 0 spiro atoms. The molecule has 1 unspecified atom stereocenters. The van der Waals surface area contributed by atoms with Crippen LogP contribution in [0.1, 0.15) is 31.2 Å². The molecule has 15 N–H and O–H groups in total. The SMILES string of the molecule is NC(O)(O)N(C(CC(N)(C(O)(O)O)C(O)(O)O)C1(c2ccc(Cl)cc2)CCC1)C(O)(O)O. The van der Waals surface area contributed by atoms with Crippen molar-refractivity contribution in [3.63, 3.8) is 0 Å². The Bertz CT molecular complexity index is 764. The summed E-state index contributed by atoms with van der Waals surface area (Å²) in [5.41, 5.74) is 6.00. The van der Waals surface area contributed by atoms with Crippen LogP contribution in [0.15, 0.2) is 24.3 Å². The van der Waals surface area contributed by atoms with Crippen LogP contribution in [0.4, 0.5) is 0 Å². The highest BCUT2D eigenvalue weighted by molar-refractivity contribution is 6.30. The lowest BCUT2D eigenvalue weighted by molar-refractivity contribution is -0.484. The lowest BCUT2D eigenvalue weighted by atomic mass is 9.57. The van der Waals surface area contributed by atoms with Crippen LogP contribution in [-0.2, 0) is 5.41 Å². The highest BCUT2D eigenvalue weighted by atomic mass is 35.5. The third-order valence-electron chi connectivity index (χ3n) is 6.00. The van der Waals surface area contributed by atoms with Crippen molar-refractivity contribution in [1.29, 1.82) is 0 Å². The molecule has 1 saturated carbocycles. The maximum Gasteiger partial charge on any atom is 0.351 e. The van der Waals surface area contributed by atoms with Gasteiger partial charge in [0.05, 0.1) is 0 Å². The summed E-state index contributed by atoms with van der Waals surface area (Å²) in [6.07, 6.45) is -4.89. The van der Waals surface area contributed by atoms with Crippen LogP contribution in [0.25, 0.3) is 0 Å². The number of aliphatic hydroxyl groups is 11. The van der Waals surface area contributed by atoms with Crippen molar-refractivity contribution in [2.45, 2.75) is 66.8 Å².